The molecule has 0 aliphatic heterocycles. The van der Waals surface area contributed by atoms with E-state index in [2.05, 4.69) is 10.3 Å². The SMILES string of the molecule is CCCCn1c(N)c(N(CCC)CC(=O)Nc2cccc(S(C)(=O)=O)c2)c(=O)[nH]c1=O. The molecular formula is C20H29N5O5S. The van der Waals surface area contributed by atoms with Crippen molar-refractivity contribution in [1.29, 1.82) is 0 Å². The van der Waals surface area contributed by atoms with Gasteiger partial charge in [0.2, 0.25) is 5.91 Å². The summed E-state index contributed by atoms with van der Waals surface area (Å²) >= 11 is 0. The van der Waals surface area contributed by atoms with Crippen LogP contribution in [0.2, 0.25) is 0 Å². The highest BCUT2D eigenvalue weighted by atomic mass is 32.2. The van der Waals surface area contributed by atoms with E-state index in [1.165, 1.54) is 27.7 Å². The normalized spacial score (nSPS) is 11.3. The van der Waals surface area contributed by atoms with Gasteiger partial charge in [-0.25, -0.2) is 13.2 Å². The maximum absolute atomic E-state index is 12.7. The highest BCUT2D eigenvalue weighted by molar-refractivity contribution is 7.90. The number of aromatic nitrogens is 2. The van der Waals surface area contributed by atoms with Gasteiger partial charge in [0, 0.05) is 25.0 Å². The number of rotatable bonds is 10. The van der Waals surface area contributed by atoms with E-state index >= 15 is 0 Å². The van der Waals surface area contributed by atoms with Crippen molar-refractivity contribution in [3.63, 3.8) is 0 Å². The third kappa shape index (κ3) is 6.20. The standard InChI is InChI=1S/C20H29N5O5S/c1-4-6-11-25-18(21)17(19(27)23-20(25)28)24(10-5-2)13-16(26)22-14-8-7-9-15(12-14)31(3,29)30/h7-9,12H,4-6,10-11,13,21H2,1-3H3,(H,22,26)(H,23,27,28). The molecule has 0 radical (unpaired) electrons. The van der Waals surface area contributed by atoms with Gasteiger partial charge in [0.1, 0.15) is 11.5 Å². The van der Waals surface area contributed by atoms with Crippen LogP contribution < -0.4 is 27.2 Å². The monoisotopic (exact) mass is 451 g/mol. The van der Waals surface area contributed by atoms with Crippen LogP contribution in [0.15, 0.2) is 38.8 Å². The zero-order valence-electron chi connectivity index (χ0n) is 18.0. The minimum atomic E-state index is -3.42. The number of hydrogen-bond acceptors (Lipinski definition) is 7. The molecule has 2 aromatic rings. The molecule has 31 heavy (non-hydrogen) atoms. The smallest absolute Gasteiger partial charge is 0.330 e. The lowest BCUT2D eigenvalue weighted by molar-refractivity contribution is -0.115. The molecule has 0 unspecified atom stereocenters. The molecule has 0 fully saturated rings. The van der Waals surface area contributed by atoms with E-state index in [0.29, 0.717) is 31.6 Å². The third-order valence-corrected chi connectivity index (χ3v) is 5.75. The van der Waals surface area contributed by atoms with Crippen LogP contribution in [0.1, 0.15) is 33.1 Å². The van der Waals surface area contributed by atoms with Crippen molar-refractivity contribution in [3.8, 4) is 0 Å². The minimum absolute atomic E-state index is 0.0162. The molecule has 170 valence electrons. The van der Waals surface area contributed by atoms with E-state index in [4.69, 9.17) is 5.73 Å². The van der Waals surface area contributed by atoms with Crippen LogP contribution in [-0.4, -0.2) is 43.2 Å². The maximum Gasteiger partial charge on any atom is 0.330 e. The Bertz CT molecular complexity index is 1150. The van der Waals surface area contributed by atoms with Crippen LogP contribution >= 0.6 is 0 Å². The van der Waals surface area contributed by atoms with Crippen molar-refractivity contribution in [2.45, 2.75) is 44.6 Å². The Balaban J connectivity index is 2.32. The van der Waals surface area contributed by atoms with Crippen molar-refractivity contribution in [2.75, 3.05) is 35.3 Å². The fourth-order valence-corrected chi connectivity index (χ4v) is 3.81. The largest absolute Gasteiger partial charge is 0.383 e. The Morgan fingerprint density at radius 1 is 1.23 bits per heavy atom. The third-order valence-electron chi connectivity index (χ3n) is 4.64. The van der Waals surface area contributed by atoms with Crippen LogP contribution in [-0.2, 0) is 21.2 Å². The first-order valence-corrected chi connectivity index (χ1v) is 11.9. The molecular weight excluding hydrogens is 422 g/mol. The van der Waals surface area contributed by atoms with Gasteiger partial charge in [0.25, 0.3) is 5.56 Å². The molecule has 1 amide bonds. The number of nitrogens with one attached hydrogen (secondary N) is 2. The Hall–Kier alpha value is -3.08. The number of carbonyl (C=O) groups excluding carboxylic acids is 1. The predicted octanol–water partition coefficient (Wildman–Crippen LogP) is 1.18. The number of anilines is 3. The average molecular weight is 452 g/mol. The fourth-order valence-electron chi connectivity index (χ4n) is 3.14. The number of sulfone groups is 1. The van der Waals surface area contributed by atoms with Crippen molar-refractivity contribution in [1.82, 2.24) is 9.55 Å². The molecule has 0 bridgehead atoms. The van der Waals surface area contributed by atoms with Crippen molar-refractivity contribution in [3.05, 3.63) is 45.1 Å². The molecule has 0 aliphatic carbocycles. The van der Waals surface area contributed by atoms with Crippen molar-refractivity contribution in [2.24, 2.45) is 0 Å². The molecule has 1 aromatic heterocycles. The molecule has 0 saturated heterocycles. The first-order chi connectivity index (χ1) is 14.6. The molecule has 0 saturated carbocycles. The second-order valence-electron chi connectivity index (χ2n) is 7.27. The summed E-state index contributed by atoms with van der Waals surface area (Å²) in [6.45, 7) is 4.37. The van der Waals surface area contributed by atoms with E-state index in [9.17, 15) is 22.8 Å². The van der Waals surface area contributed by atoms with Gasteiger partial charge in [-0.2, -0.15) is 0 Å². The number of amides is 1. The number of nitrogens with zero attached hydrogens (tertiary/aromatic N) is 2. The number of hydrogen-bond donors (Lipinski definition) is 3. The van der Waals surface area contributed by atoms with Crippen LogP contribution in [0.4, 0.5) is 17.2 Å². The summed E-state index contributed by atoms with van der Waals surface area (Å²) in [7, 11) is -3.42. The zero-order valence-corrected chi connectivity index (χ0v) is 18.8. The number of benzene rings is 1. The number of H-pyrrole nitrogens is 1. The molecule has 1 aromatic carbocycles. The van der Waals surface area contributed by atoms with Gasteiger partial charge in [-0.1, -0.05) is 26.3 Å². The Kier molecular flexibility index (Phi) is 8.03. The first kappa shape index (κ1) is 24.2. The van der Waals surface area contributed by atoms with Crippen LogP contribution in [0.3, 0.4) is 0 Å². The number of unbranched alkanes of at least 4 members (excludes halogenated alkanes) is 1. The molecule has 11 heteroatoms. The van der Waals surface area contributed by atoms with Gasteiger partial charge < -0.3 is 16.0 Å². The molecule has 0 spiro atoms. The molecule has 4 N–H and O–H groups in total. The van der Waals surface area contributed by atoms with Crippen LogP contribution in [0, 0.1) is 0 Å². The molecule has 10 nitrogen and oxygen atoms in total. The summed E-state index contributed by atoms with van der Waals surface area (Å²) in [6, 6.07) is 5.91. The highest BCUT2D eigenvalue weighted by Gasteiger charge is 2.21. The average Bonchev–Trinajstić information content (AvgIpc) is 2.67. The quantitative estimate of drug-likeness (QED) is 0.491. The number of nitrogen functional groups attached to an aromatic ring is 1. The minimum Gasteiger partial charge on any atom is -0.383 e. The second-order valence-corrected chi connectivity index (χ2v) is 9.28. The van der Waals surface area contributed by atoms with Crippen molar-refractivity contribution < 1.29 is 13.2 Å². The van der Waals surface area contributed by atoms with E-state index in [1.54, 1.807) is 6.07 Å². The van der Waals surface area contributed by atoms with Crippen LogP contribution in [0.25, 0.3) is 0 Å². The first-order valence-electron chi connectivity index (χ1n) is 10.1. The van der Waals surface area contributed by atoms with Gasteiger partial charge in [-0.05, 0) is 31.0 Å². The highest BCUT2D eigenvalue weighted by Crippen LogP contribution is 2.19. The molecule has 0 atom stereocenters. The summed E-state index contributed by atoms with van der Waals surface area (Å²) in [4.78, 5) is 41.2. The molecule has 2 rings (SSSR count). The Morgan fingerprint density at radius 3 is 2.55 bits per heavy atom. The van der Waals surface area contributed by atoms with Gasteiger partial charge in [-0.15, -0.1) is 0 Å². The lowest BCUT2D eigenvalue weighted by Crippen LogP contribution is -2.41. The Labute approximate surface area is 181 Å². The second kappa shape index (κ2) is 10.3. The van der Waals surface area contributed by atoms with E-state index < -0.39 is 27.0 Å². The predicted molar refractivity (Wildman–Crippen MR) is 121 cm³/mol. The van der Waals surface area contributed by atoms with Gasteiger partial charge in [0.05, 0.1) is 11.4 Å². The summed E-state index contributed by atoms with van der Waals surface area (Å²) in [5.74, 6) is -0.438. The lowest BCUT2D eigenvalue weighted by Gasteiger charge is -2.25. The summed E-state index contributed by atoms with van der Waals surface area (Å²) in [5, 5.41) is 2.65. The molecule has 0 aliphatic rings. The Morgan fingerprint density at radius 2 is 1.94 bits per heavy atom. The summed E-state index contributed by atoms with van der Waals surface area (Å²) < 4.78 is 24.8. The van der Waals surface area contributed by atoms with Gasteiger partial charge in [0.15, 0.2) is 9.84 Å². The topological polar surface area (TPSA) is 147 Å². The number of carbonyl (C=O) groups is 1. The fraction of sp³-hybridized carbons (Fsp3) is 0.450. The van der Waals surface area contributed by atoms with E-state index in [0.717, 1.165) is 12.7 Å². The summed E-state index contributed by atoms with van der Waals surface area (Å²) in [6.07, 6.45) is 3.26. The van der Waals surface area contributed by atoms with Crippen molar-refractivity contribution >= 4 is 32.9 Å². The molecule has 1 heterocycles. The number of nitrogens with two attached hydrogens (primary N) is 1. The lowest BCUT2D eigenvalue weighted by atomic mass is 10.3. The van der Waals surface area contributed by atoms with E-state index in [1.807, 2.05) is 13.8 Å². The zero-order chi connectivity index (χ0) is 23.2. The van der Waals surface area contributed by atoms with Gasteiger partial charge >= 0.3 is 5.69 Å². The maximum atomic E-state index is 12.7. The van der Waals surface area contributed by atoms with E-state index in [-0.39, 0.29) is 22.9 Å². The summed E-state index contributed by atoms with van der Waals surface area (Å²) in [5.41, 5.74) is 5.30. The van der Waals surface area contributed by atoms with Crippen LogP contribution in [0.5, 0.6) is 0 Å². The van der Waals surface area contributed by atoms with Gasteiger partial charge in [-0.3, -0.25) is 19.1 Å². The number of aromatic amines is 1.